The second-order valence-corrected chi connectivity index (χ2v) is 6.52. The summed E-state index contributed by atoms with van der Waals surface area (Å²) < 4.78 is 6.98. The number of anilines is 1. The molecule has 0 aliphatic rings. The molecule has 0 spiro atoms. The minimum Gasteiger partial charge on any atom is -0.497 e. The largest absolute Gasteiger partial charge is 0.497 e. The predicted octanol–water partition coefficient (Wildman–Crippen LogP) is 3.70. The smallest absolute Gasteiger partial charge is 0.256 e. The maximum Gasteiger partial charge on any atom is 0.256 e. The SMILES string of the molecule is C#Cc1ccsc1-c1nc2cnccn2c1NC(=O)c1cccc(OC)c1. The van der Waals surface area contributed by atoms with Crippen molar-refractivity contribution in [3.05, 3.63) is 65.4 Å². The Hall–Kier alpha value is -3.63. The van der Waals surface area contributed by atoms with Gasteiger partial charge in [0, 0.05) is 23.5 Å². The molecule has 1 N–H and O–H groups in total. The van der Waals surface area contributed by atoms with E-state index >= 15 is 0 Å². The van der Waals surface area contributed by atoms with E-state index in [4.69, 9.17) is 11.2 Å². The van der Waals surface area contributed by atoms with E-state index in [1.54, 1.807) is 54.4 Å². The fourth-order valence-corrected chi connectivity index (χ4v) is 3.58. The van der Waals surface area contributed by atoms with Crippen molar-refractivity contribution < 1.29 is 9.53 Å². The molecular formula is C20H14N4O2S. The normalized spacial score (nSPS) is 10.5. The van der Waals surface area contributed by atoms with Crippen LogP contribution in [0.4, 0.5) is 5.82 Å². The Kier molecular flexibility index (Phi) is 4.32. The zero-order chi connectivity index (χ0) is 18.8. The number of carbonyl (C=O) groups is 1. The lowest BCUT2D eigenvalue weighted by molar-refractivity contribution is 0.102. The van der Waals surface area contributed by atoms with Gasteiger partial charge in [0.25, 0.3) is 5.91 Å². The zero-order valence-electron chi connectivity index (χ0n) is 14.3. The van der Waals surface area contributed by atoms with Crippen molar-refractivity contribution in [2.24, 2.45) is 0 Å². The number of ether oxygens (including phenoxy) is 1. The van der Waals surface area contributed by atoms with Gasteiger partial charge in [-0.1, -0.05) is 12.0 Å². The number of terminal acetylenes is 1. The second-order valence-electron chi connectivity index (χ2n) is 5.61. The summed E-state index contributed by atoms with van der Waals surface area (Å²) >= 11 is 1.48. The average Bonchev–Trinajstić information content (AvgIpc) is 3.32. The monoisotopic (exact) mass is 374 g/mol. The van der Waals surface area contributed by atoms with Gasteiger partial charge in [-0.15, -0.1) is 17.8 Å². The Bertz CT molecular complexity index is 1190. The van der Waals surface area contributed by atoms with E-state index in [0.717, 1.165) is 10.4 Å². The van der Waals surface area contributed by atoms with E-state index in [1.165, 1.54) is 11.3 Å². The van der Waals surface area contributed by atoms with Crippen molar-refractivity contribution in [1.82, 2.24) is 14.4 Å². The predicted molar refractivity (Wildman–Crippen MR) is 105 cm³/mol. The molecular weight excluding hydrogens is 360 g/mol. The Balaban J connectivity index is 1.82. The van der Waals surface area contributed by atoms with Gasteiger partial charge in [-0.3, -0.25) is 14.2 Å². The van der Waals surface area contributed by atoms with Crippen LogP contribution in [0.5, 0.6) is 5.75 Å². The van der Waals surface area contributed by atoms with Crippen molar-refractivity contribution in [3.63, 3.8) is 0 Å². The summed E-state index contributed by atoms with van der Waals surface area (Å²) in [4.78, 5) is 22.4. The van der Waals surface area contributed by atoms with Crippen molar-refractivity contribution in [1.29, 1.82) is 0 Å². The molecule has 0 atom stereocenters. The average molecular weight is 374 g/mol. The molecule has 0 aliphatic heterocycles. The maximum absolute atomic E-state index is 12.8. The van der Waals surface area contributed by atoms with E-state index in [2.05, 4.69) is 21.2 Å². The number of thiophene rings is 1. The third-order valence-corrected chi connectivity index (χ3v) is 4.95. The van der Waals surface area contributed by atoms with Crippen LogP contribution in [0.1, 0.15) is 15.9 Å². The van der Waals surface area contributed by atoms with Gasteiger partial charge in [0.15, 0.2) is 5.65 Å². The van der Waals surface area contributed by atoms with Crippen molar-refractivity contribution in [2.75, 3.05) is 12.4 Å². The van der Waals surface area contributed by atoms with Crippen LogP contribution in [0.2, 0.25) is 0 Å². The molecule has 0 radical (unpaired) electrons. The van der Waals surface area contributed by atoms with Gasteiger partial charge < -0.3 is 10.1 Å². The number of rotatable bonds is 4. The Morgan fingerprint density at radius 2 is 2.26 bits per heavy atom. The summed E-state index contributed by atoms with van der Waals surface area (Å²) in [6.07, 6.45) is 10.6. The number of imidazole rings is 1. The van der Waals surface area contributed by atoms with E-state index in [1.807, 2.05) is 11.4 Å². The van der Waals surface area contributed by atoms with E-state index in [-0.39, 0.29) is 5.91 Å². The van der Waals surface area contributed by atoms with Crippen molar-refractivity contribution in [3.8, 4) is 28.7 Å². The molecule has 6 nitrogen and oxygen atoms in total. The van der Waals surface area contributed by atoms with Crippen molar-refractivity contribution >= 4 is 28.7 Å². The fourth-order valence-electron chi connectivity index (χ4n) is 2.73. The molecule has 3 heterocycles. The Labute approximate surface area is 159 Å². The molecule has 27 heavy (non-hydrogen) atoms. The van der Waals surface area contributed by atoms with Gasteiger partial charge >= 0.3 is 0 Å². The van der Waals surface area contributed by atoms with Crippen LogP contribution in [0.3, 0.4) is 0 Å². The summed E-state index contributed by atoms with van der Waals surface area (Å²) in [5.41, 5.74) is 2.44. The molecule has 132 valence electrons. The summed E-state index contributed by atoms with van der Waals surface area (Å²) in [6, 6.07) is 8.81. The number of nitrogens with one attached hydrogen (secondary N) is 1. The highest BCUT2D eigenvalue weighted by Gasteiger charge is 2.20. The van der Waals surface area contributed by atoms with Gasteiger partial charge in [-0.25, -0.2) is 4.98 Å². The Morgan fingerprint density at radius 3 is 3.07 bits per heavy atom. The van der Waals surface area contributed by atoms with Crippen LogP contribution < -0.4 is 10.1 Å². The first-order valence-corrected chi connectivity index (χ1v) is 8.91. The molecule has 3 aromatic heterocycles. The quantitative estimate of drug-likeness (QED) is 0.553. The van der Waals surface area contributed by atoms with E-state index in [9.17, 15) is 4.79 Å². The first-order valence-electron chi connectivity index (χ1n) is 8.03. The van der Waals surface area contributed by atoms with Crippen LogP contribution in [-0.2, 0) is 0 Å². The third kappa shape index (κ3) is 3.03. The standard InChI is InChI=1S/C20H14N4O2S/c1-3-13-7-10-27-18(13)17-19(24-9-8-21-12-16(24)22-17)23-20(25)14-5-4-6-15(11-14)26-2/h1,4-12H,2H3,(H,23,25). The van der Waals surface area contributed by atoms with Crippen LogP contribution in [0.15, 0.2) is 54.3 Å². The first-order chi connectivity index (χ1) is 13.2. The molecule has 0 saturated heterocycles. The molecule has 0 bridgehead atoms. The molecule has 4 aromatic rings. The zero-order valence-corrected chi connectivity index (χ0v) is 15.2. The minimum absolute atomic E-state index is 0.271. The summed E-state index contributed by atoms with van der Waals surface area (Å²) in [5, 5.41) is 4.86. The van der Waals surface area contributed by atoms with Gasteiger partial charge in [-0.2, -0.15) is 0 Å². The van der Waals surface area contributed by atoms with Crippen LogP contribution >= 0.6 is 11.3 Å². The highest BCUT2D eigenvalue weighted by Crippen LogP contribution is 2.35. The lowest BCUT2D eigenvalue weighted by Crippen LogP contribution is -2.14. The number of hydrogen-bond donors (Lipinski definition) is 1. The number of methoxy groups -OCH3 is 1. The maximum atomic E-state index is 12.8. The second kappa shape index (κ2) is 6.94. The molecule has 4 rings (SSSR count). The molecule has 1 aromatic carbocycles. The Morgan fingerprint density at radius 1 is 1.37 bits per heavy atom. The van der Waals surface area contributed by atoms with Crippen molar-refractivity contribution in [2.45, 2.75) is 0 Å². The summed E-state index contributed by atoms with van der Waals surface area (Å²) in [7, 11) is 1.56. The molecule has 0 saturated carbocycles. The van der Waals surface area contributed by atoms with Gasteiger partial charge in [0.1, 0.15) is 17.3 Å². The van der Waals surface area contributed by atoms with Crippen LogP contribution in [-0.4, -0.2) is 27.4 Å². The highest BCUT2D eigenvalue weighted by atomic mass is 32.1. The number of aromatic nitrogens is 3. The summed E-state index contributed by atoms with van der Waals surface area (Å²) in [5.74, 6) is 3.54. The number of carbonyl (C=O) groups excluding carboxylic acids is 1. The number of nitrogens with zero attached hydrogens (tertiary/aromatic N) is 3. The number of benzene rings is 1. The number of fused-ring (bicyclic) bond motifs is 1. The topological polar surface area (TPSA) is 68.5 Å². The highest BCUT2D eigenvalue weighted by molar-refractivity contribution is 7.13. The number of hydrogen-bond acceptors (Lipinski definition) is 5. The molecule has 0 aliphatic carbocycles. The van der Waals surface area contributed by atoms with Gasteiger partial charge in [0.2, 0.25) is 0 Å². The van der Waals surface area contributed by atoms with Crippen LogP contribution in [0.25, 0.3) is 16.2 Å². The molecule has 7 heteroatoms. The molecule has 0 fully saturated rings. The molecule has 1 amide bonds. The van der Waals surface area contributed by atoms with Gasteiger partial charge in [0.05, 0.1) is 18.2 Å². The lowest BCUT2D eigenvalue weighted by atomic mass is 10.2. The summed E-state index contributed by atoms with van der Waals surface area (Å²) in [6.45, 7) is 0. The lowest BCUT2D eigenvalue weighted by Gasteiger charge is -2.08. The first kappa shape index (κ1) is 16.8. The molecule has 0 unspecified atom stereocenters. The van der Waals surface area contributed by atoms with E-state index < -0.39 is 0 Å². The van der Waals surface area contributed by atoms with Gasteiger partial charge in [-0.05, 0) is 29.6 Å². The minimum atomic E-state index is -0.271. The van der Waals surface area contributed by atoms with Crippen LogP contribution in [0, 0.1) is 12.3 Å². The van der Waals surface area contributed by atoms with E-state index in [0.29, 0.717) is 28.5 Å². The fraction of sp³-hybridized carbons (Fsp3) is 0.0500. The number of amides is 1. The third-order valence-electron chi connectivity index (χ3n) is 4.03.